The second-order valence-electron chi connectivity index (χ2n) is 6.87. The molecule has 31 heavy (non-hydrogen) atoms. The monoisotopic (exact) mass is 414 g/mol. The number of carbonyl (C=O) groups excluding carboxylic acids is 1. The second-order valence-corrected chi connectivity index (χ2v) is 6.87. The summed E-state index contributed by atoms with van der Waals surface area (Å²) in [6.07, 6.45) is 5.15. The SMILES string of the molecule is NCCCC#Cc1cccc(CONC(=O)c2ccccc2NCc2ccncc2)c1. The molecule has 2 aromatic carbocycles. The van der Waals surface area contributed by atoms with Crippen molar-refractivity contribution in [3.63, 3.8) is 0 Å². The van der Waals surface area contributed by atoms with Gasteiger partial charge in [0.2, 0.25) is 0 Å². The number of hydroxylamine groups is 1. The van der Waals surface area contributed by atoms with Gasteiger partial charge in [-0.05, 0) is 60.5 Å². The zero-order chi connectivity index (χ0) is 21.7. The lowest BCUT2D eigenvalue weighted by molar-refractivity contribution is 0.0234. The average molecular weight is 415 g/mol. The first kappa shape index (κ1) is 22.0. The molecule has 1 heterocycles. The summed E-state index contributed by atoms with van der Waals surface area (Å²) in [6, 6.07) is 18.9. The van der Waals surface area contributed by atoms with Crippen LogP contribution >= 0.6 is 0 Å². The highest BCUT2D eigenvalue weighted by Gasteiger charge is 2.11. The molecule has 0 aliphatic carbocycles. The van der Waals surface area contributed by atoms with Crippen molar-refractivity contribution in [2.24, 2.45) is 5.73 Å². The van der Waals surface area contributed by atoms with E-state index in [0.29, 0.717) is 18.7 Å². The Balaban J connectivity index is 1.54. The third-order valence-electron chi connectivity index (χ3n) is 4.47. The molecule has 0 radical (unpaired) electrons. The highest BCUT2D eigenvalue weighted by molar-refractivity contribution is 5.99. The molecule has 0 bridgehead atoms. The smallest absolute Gasteiger partial charge is 0.276 e. The van der Waals surface area contributed by atoms with Gasteiger partial charge < -0.3 is 11.1 Å². The molecule has 1 amide bonds. The Bertz CT molecular complexity index is 1040. The summed E-state index contributed by atoms with van der Waals surface area (Å²) in [7, 11) is 0. The van der Waals surface area contributed by atoms with Crippen LogP contribution in [-0.4, -0.2) is 17.4 Å². The van der Waals surface area contributed by atoms with Gasteiger partial charge in [-0.3, -0.25) is 14.6 Å². The van der Waals surface area contributed by atoms with Gasteiger partial charge in [-0.1, -0.05) is 36.1 Å². The third-order valence-corrected chi connectivity index (χ3v) is 4.47. The maximum Gasteiger partial charge on any atom is 0.276 e. The van der Waals surface area contributed by atoms with E-state index in [-0.39, 0.29) is 12.5 Å². The Kier molecular flexibility index (Phi) is 8.62. The van der Waals surface area contributed by atoms with E-state index in [4.69, 9.17) is 10.6 Å². The number of unbranched alkanes of at least 4 members (excludes halogenated alkanes) is 1. The Hall–Kier alpha value is -3.66. The number of para-hydroxylation sites is 1. The fourth-order valence-corrected chi connectivity index (χ4v) is 2.87. The van der Waals surface area contributed by atoms with Crippen molar-refractivity contribution in [2.45, 2.75) is 26.0 Å². The molecule has 0 saturated heterocycles. The molecule has 0 aliphatic rings. The summed E-state index contributed by atoms with van der Waals surface area (Å²) in [5.41, 5.74) is 12.2. The summed E-state index contributed by atoms with van der Waals surface area (Å²) < 4.78 is 0. The van der Waals surface area contributed by atoms with Gasteiger partial charge in [-0.15, -0.1) is 0 Å². The number of rotatable bonds is 9. The summed E-state index contributed by atoms with van der Waals surface area (Å²) in [4.78, 5) is 22.1. The van der Waals surface area contributed by atoms with Crippen molar-refractivity contribution in [2.75, 3.05) is 11.9 Å². The number of nitrogens with two attached hydrogens (primary N) is 1. The van der Waals surface area contributed by atoms with Crippen LogP contribution in [0.1, 0.15) is 39.9 Å². The predicted octanol–water partition coefficient (Wildman–Crippen LogP) is 3.65. The zero-order valence-electron chi connectivity index (χ0n) is 17.3. The summed E-state index contributed by atoms with van der Waals surface area (Å²) in [5.74, 6) is 5.91. The Morgan fingerprint density at radius 1 is 1.03 bits per heavy atom. The quantitative estimate of drug-likeness (QED) is 0.283. The maximum absolute atomic E-state index is 12.6. The lowest BCUT2D eigenvalue weighted by atomic mass is 10.1. The highest BCUT2D eigenvalue weighted by atomic mass is 16.6. The lowest BCUT2D eigenvalue weighted by Crippen LogP contribution is -2.24. The lowest BCUT2D eigenvalue weighted by Gasteiger charge is -2.12. The fraction of sp³-hybridized carbons (Fsp3) is 0.200. The van der Waals surface area contributed by atoms with E-state index < -0.39 is 0 Å². The number of carbonyl (C=O) groups is 1. The largest absolute Gasteiger partial charge is 0.380 e. The van der Waals surface area contributed by atoms with Gasteiger partial charge in [0.25, 0.3) is 5.91 Å². The zero-order valence-corrected chi connectivity index (χ0v) is 17.3. The van der Waals surface area contributed by atoms with Crippen molar-refractivity contribution in [1.29, 1.82) is 0 Å². The van der Waals surface area contributed by atoms with Crippen LogP contribution in [-0.2, 0) is 18.0 Å². The van der Waals surface area contributed by atoms with Crippen LogP contribution in [0.4, 0.5) is 5.69 Å². The molecule has 0 spiro atoms. The molecular formula is C25H26N4O2. The summed E-state index contributed by atoms with van der Waals surface area (Å²) >= 11 is 0. The molecule has 0 aliphatic heterocycles. The first-order chi connectivity index (χ1) is 15.3. The number of anilines is 1. The molecule has 0 saturated carbocycles. The van der Waals surface area contributed by atoms with E-state index in [1.165, 1.54) is 0 Å². The number of amides is 1. The van der Waals surface area contributed by atoms with Crippen molar-refractivity contribution in [3.05, 3.63) is 95.3 Å². The van der Waals surface area contributed by atoms with Crippen molar-refractivity contribution < 1.29 is 9.63 Å². The molecule has 3 aromatic rings. The predicted molar refractivity (Wildman–Crippen MR) is 122 cm³/mol. The van der Waals surface area contributed by atoms with Crippen LogP contribution in [0.15, 0.2) is 73.1 Å². The standard InChI is InChI=1S/C25H26N4O2/c26-14-5-1-2-7-20-8-6-9-22(17-20)19-31-29-25(30)23-10-3-4-11-24(23)28-18-21-12-15-27-16-13-21/h3-4,6,8-13,15-17,28H,1,5,14,18-19,26H2,(H,29,30). The minimum Gasteiger partial charge on any atom is -0.380 e. The molecule has 0 atom stereocenters. The molecule has 1 aromatic heterocycles. The highest BCUT2D eigenvalue weighted by Crippen LogP contribution is 2.16. The van der Waals surface area contributed by atoms with Gasteiger partial charge in [0, 0.05) is 36.6 Å². The van der Waals surface area contributed by atoms with E-state index in [0.717, 1.165) is 35.2 Å². The Labute approximate surface area is 182 Å². The summed E-state index contributed by atoms with van der Waals surface area (Å²) in [5, 5.41) is 3.29. The van der Waals surface area contributed by atoms with Gasteiger partial charge in [0.1, 0.15) is 0 Å². The minimum atomic E-state index is -0.310. The van der Waals surface area contributed by atoms with Crippen LogP contribution < -0.4 is 16.5 Å². The van der Waals surface area contributed by atoms with Crippen LogP contribution in [0.5, 0.6) is 0 Å². The molecule has 158 valence electrons. The Morgan fingerprint density at radius 3 is 2.71 bits per heavy atom. The Morgan fingerprint density at radius 2 is 1.87 bits per heavy atom. The first-order valence-corrected chi connectivity index (χ1v) is 10.2. The normalized spacial score (nSPS) is 10.1. The van der Waals surface area contributed by atoms with Crippen LogP contribution in [0.25, 0.3) is 0 Å². The van der Waals surface area contributed by atoms with Crippen molar-refractivity contribution >= 4 is 11.6 Å². The molecule has 0 unspecified atom stereocenters. The van der Waals surface area contributed by atoms with Crippen LogP contribution in [0.2, 0.25) is 0 Å². The van der Waals surface area contributed by atoms with E-state index >= 15 is 0 Å². The molecule has 4 N–H and O–H groups in total. The van der Waals surface area contributed by atoms with Gasteiger partial charge >= 0.3 is 0 Å². The van der Waals surface area contributed by atoms with Gasteiger partial charge in [0.15, 0.2) is 0 Å². The molecule has 6 heteroatoms. The van der Waals surface area contributed by atoms with E-state index in [1.54, 1.807) is 18.5 Å². The van der Waals surface area contributed by atoms with Crippen molar-refractivity contribution in [3.8, 4) is 11.8 Å². The number of aromatic nitrogens is 1. The number of nitrogens with one attached hydrogen (secondary N) is 2. The molecule has 3 rings (SSSR count). The second kappa shape index (κ2) is 12.1. The molecule has 6 nitrogen and oxygen atoms in total. The number of hydrogen-bond acceptors (Lipinski definition) is 5. The first-order valence-electron chi connectivity index (χ1n) is 10.2. The summed E-state index contributed by atoms with van der Waals surface area (Å²) in [6.45, 7) is 1.48. The number of benzene rings is 2. The number of nitrogens with zero attached hydrogens (tertiary/aromatic N) is 1. The minimum absolute atomic E-state index is 0.247. The van der Waals surface area contributed by atoms with Gasteiger partial charge in [-0.25, -0.2) is 5.48 Å². The number of hydrogen-bond donors (Lipinski definition) is 3. The van der Waals surface area contributed by atoms with Gasteiger partial charge in [-0.2, -0.15) is 0 Å². The molecule has 0 fully saturated rings. The van der Waals surface area contributed by atoms with Crippen molar-refractivity contribution in [1.82, 2.24) is 10.5 Å². The van der Waals surface area contributed by atoms with E-state index in [1.807, 2.05) is 54.6 Å². The average Bonchev–Trinajstić information content (AvgIpc) is 2.81. The molecular weight excluding hydrogens is 388 g/mol. The number of pyridine rings is 1. The van der Waals surface area contributed by atoms with E-state index in [9.17, 15) is 4.79 Å². The maximum atomic E-state index is 12.6. The van der Waals surface area contributed by atoms with Crippen LogP contribution in [0, 0.1) is 11.8 Å². The third kappa shape index (κ3) is 7.27. The fourth-order valence-electron chi connectivity index (χ4n) is 2.87. The van der Waals surface area contributed by atoms with E-state index in [2.05, 4.69) is 27.6 Å². The topological polar surface area (TPSA) is 89.3 Å². The van der Waals surface area contributed by atoms with Gasteiger partial charge in [0.05, 0.1) is 12.2 Å². The van der Waals surface area contributed by atoms with Crippen LogP contribution in [0.3, 0.4) is 0 Å².